The van der Waals surface area contributed by atoms with Gasteiger partial charge in [-0.05, 0) is 23.3 Å². The smallest absolute Gasteiger partial charge is 0.269 e. The molecule has 28 heavy (non-hydrogen) atoms. The highest BCUT2D eigenvalue weighted by molar-refractivity contribution is 5.60. The van der Waals surface area contributed by atoms with Gasteiger partial charge in [-0.15, -0.1) is 0 Å². The summed E-state index contributed by atoms with van der Waals surface area (Å²) in [5.41, 5.74) is 5.12. The summed E-state index contributed by atoms with van der Waals surface area (Å²) in [5.74, 6) is -1.64. The van der Waals surface area contributed by atoms with E-state index in [1.807, 2.05) is 5.01 Å². The minimum Gasteiger partial charge on any atom is -0.307 e. The molecule has 0 fully saturated rings. The Kier molecular flexibility index (Phi) is 4.70. The lowest BCUT2D eigenvalue weighted by Gasteiger charge is -2.26. The molecule has 2 aromatic carbocycles. The molecule has 0 radical (unpaired) electrons. The standard InChI is InChI=1S/C18H16F2N6O2/c19-14-1-3-16(17(20)6-14)13(8-24-11-21-10-23-24)9-25-18-4-2-15(26(27)28)5-12(18)7-22-25/h1-6,10-11,13,22H,7-9H2. The number of rotatable bonds is 6. The summed E-state index contributed by atoms with van der Waals surface area (Å²) < 4.78 is 29.4. The van der Waals surface area contributed by atoms with Crippen molar-refractivity contribution in [3.05, 3.63) is 81.9 Å². The molecule has 1 aliphatic rings. The van der Waals surface area contributed by atoms with Crippen LogP contribution in [0.4, 0.5) is 20.2 Å². The Bertz CT molecular complexity index is 1010. The number of anilines is 1. The van der Waals surface area contributed by atoms with Gasteiger partial charge in [-0.25, -0.2) is 19.2 Å². The quantitative estimate of drug-likeness (QED) is 0.518. The number of halogens is 2. The minimum absolute atomic E-state index is 0.0196. The Hall–Kier alpha value is -3.40. The molecule has 0 spiro atoms. The highest BCUT2D eigenvalue weighted by Crippen LogP contribution is 2.32. The van der Waals surface area contributed by atoms with E-state index in [0.29, 0.717) is 25.2 Å². The molecule has 8 nitrogen and oxygen atoms in total. The highest BCUT2D eigenvalue weighted by Gasteiger charge is 2.26. The van der Waals surface area contributed by atoms with Gasteiger partial charge in [0.1, 0.15) is 24.3 Å². The second-order valence-electron chi connectivity index (χ2n) is 6.50. The molecular weight excluding hydrogens is 370 g/mol. The first-order chi connectivity index (χ1) is 13.5. The Morgan fingerprint density at radius 1 is 1.21 bits per heavy atom. The molecule has 1 unspecified atom stereocenters. The predicted octanol–water partition coefficient (Wildman–Crippen LogP) is 2.77. The largest absolute Gasteiger partial charge is 0.307 e. The Balaban J connectivity index is 1.63. The molecule has 10 heteroatoms. The molecule has 1 atom stereocenters. The maximum Gasteiger partial charge on any atom is 0.269 e. The third-order valence-corrected chi connectivity index (χ3v) is 4.70. The van der Waals surface area contributed by atoms with Gasteiger partial charge >= 0.3 is 0 Å². The van der Waals surface area contributed by atoms with Gasteiger partial charge in [-0.1, -0.05) is 6.07 Å². The molecule has 0 amide bonds. The Morgan fingerprint density at radius 3 is 2.79 bits per heavy atom. The van der Waals surface area contributed by atoms with Gasteiger partial charge in [0.05, 0.1) is 17.2 Å². The predicted molar refractivity (Wildman–Crippen MR) is 96.4 cm³/mol. The zero-order chi connectivity index (χ0) is 19.7. The molecule has 144 valence electrons. The summed E-state index contributed by atoms with van der Waals surface area (Å²) in [7, 11) is 0. The van der Waals surface area contributed by atoms with Crippen molar-refractivity contribution in [1.29, 1.82) is 0 Å². The number of nitrogens with zero attached hydrogens (tertiary/aromatic N) is 5. The number of non-ortho nitro benzene ring substituents is 1. The van der Waals surface area contributed by atoms with Crippen LogP contribution in [0.1, 0.15) is 17.0 Å². The van der Waals surface area contributed by atoms with Crippen LogP contribution in [0, 0.1) is 21.7 Å². The van der Waals surface area contributed by atoms with Gasteiger partial charge in [0.15, 0.2) is 0 Å². The normalized spacial score (nSPS) is 14.1. The number of nitrogens with one attached hydrogen (secondary N) is 1. The van der Waals surface area contributed by atoms with E-state index >= 15 is 0 Å². The van der Waals surface area contributed by atoms with Gasteiger partial charge in [-0.3, -0.25) is 14.8 Å². The van der Waals surface area contributed by atoms with Crippen molar-refractivity contribution >= 4 is 11.4 Å². The first-order valence-corrected chi connectivity index (χ1v) is 8.57. The van der Waals surface area contributed by atoms with Crippen LogP contribution in [0.2, 0.25) is 0 Å². The Labute approximate surface area is 158 Å². The maximum absolute atomic E-state index is 14.4. The number of aromatic nitrogens is 3. The molecule has 4 rings (SSSR count). The highest BCUT2D eigenvalue weighted by atomic mass is 19.1. The van der Waals surface area contributed by atoms with Crippen LogP contribution in [0.15, 0.2) is 49.1 Å². The average molecular weight is 386 g/mol. The van der Waals surface area contributed by atoms with Crippen molar-refractivity contribution in [3.63, 3.8) is 0 Å². The molecule has 1 aliphatic heterocycles. The number of hydrazine groups is 1. The van der Waals surface area contributed by atoms with E-state index in [1.54, 1.807) is 10.7 Å². The number of nitro groups is 1. The van der Waals surface area contributed by atoms with Crippen LogP contribution < -0.4 is 10.4 Å². The zero-order valence-corrected chi connectivity index (χ0v) is 14.6. The number of hydrogen-bond donors (Lipinski definition) is 1. The van der Waals surface area contributed by atoms with Crippen molar-refractivity contribution in [3.8, 4) is 0 Å². The molecule has 1 aromatic heterocycles. The van der Waals surface area contributed by atoms with Crippen LogP contribution in [0.5, 0.6) is 0 Å². The van der Waals surface area contributed by atoms with Crippen molar-refractivity contribution in [2.75, 3.05) is 11.6 Å². The first-order valence-electron chi connectivity index (χ1n) is 8.57. The summed E-state index contributed by atoms with van der Waals surface area (Å²) in [5, 5.41) is 16.9. The molecule has 3 aromatic rings. The van der Waals surface area contributed by atoms with Gasteiger partial charge in [-0.2, -0.15) is 5.10 Å². The van der Waals surface area contributed by atoms with Gasteiger partial charge in [0.2, 0.25) is 0 Å². The van der Waals surface area contributed by atoms with Crippen LogP contribution >= 0.6 is 0 Å². The number of hydrogen-bond acceptors (Lipinski definition) is 6. The van der Waals surface area contributed by atoms with Crippen molar-refractivity contribution in [2.45, 2.75) is 19.0 Å². The average Bonchev–Trinajstić information content (AvgIpc) is 3.31. The third kappa shape index (κ3) is 3.54. The van der Waals surface area contributed by atoms with Crippen molar-refractivity contribution < 1.29 is 13.7 Å². The van der Waals surface area contributed by atoms with Gasteiger partial charge < -0.3 is 5.01 Å². The summed E-state index contributed by atoms with van der Waals surface area (Å²) in [6.45, 7) is 1.12. The van der Waals surface area contributed by atoms with Crippen molar-refractivity contribution in [2.24, 2.45) is 0 Å². The number of fused-ring (bicyclic) bond motifs is 1. The molecule has 1 N–H and O–H groups in total. The lowest BCUT2D eigenvalue weighted by Crippen LogP contribution is -2.37. The lowest BCUT2D eigenvalue weighted by molar-refractivity contribution is -0.384. The van der Waals surface area contributed by atoms with Crippen LogP contribution in [0.3, 0.4) is 0 Å². The first kappa shape index (κ1) is 18.0. The van der Waals surface area contributed by atoms with E-state index in [4.69, 9.17) is 0 Å². The summed E-state index contributed by atoms with van der Waals surface area (Å²) in [4.78, 5) is 14.4. The molecular formula is C18H16F2N6O2. The summed E-state index contributed by atoms with van der Waals surface area (Å²) in [6.07, 6.45) is 2.92. The lowest BCUT2D eigenvalue weighted by atomic mass is 9.97. The van der Waals surface area contributed by atoms with Crippen LogP contribution in [0.25, 0.3) is 0 Å². The fraction of sp³-hybridized carbons (Fsp3) is 0.222. The SMILES string of the molecule is O=[N+]([O-])c1ccc2c(c1)CNN2CC(Cn1cncn1)c1ccc(F)cc1F. The minimum atomic E-state index is -0.641. The van der Waals surface area contributed by atoms with Gasteiger partial charge in [0.25, 0.3) is 5.69 Å². The van der Waals surface area contributed by atoms with E-state index in [-0.39, 0.29) is 11.6 Å². The molecule has 2 heterocycles. The van der Waals surface area contributed by atoms with E-state index < -0.39 is 16.6 Å². The number of benzene rings is 2. The maximum atomic E-state index is 14.4. The second-order valence-corrected chi connectivity index (χ2v) is 6.50. The second kappa shape index (κ2) is 7.31. The molecule has 0 aliphatic carbocycles. The fourth-order valence-corrected chi connectivity index (χ4v) is 3.38. The molecule has 0 saturated heterocycles. The molecule has 0 bridgehead atoms. The summed E-state index contributed by atoms with van der Waals surface area (Å²) in [6, 6.07) is 8.14. The van der Waals surface area contributed by atoms with Gasteiger partial charge in [0, 0.05) is 37.2 Å². The third-order valence-electron chi connectivity index (χ3n) is 4.70. The topological polar surface area (TPSA) is 89.1 Å². The van der Waals surface area contributed by atoms with E-state index in [2.05, 4.69) is 15.5 Å². The molecule has 0 saturated carbocycles. The fourth-order valence-electron chi connectivity index (χ4n) is 3.38. The van der Waals surface area contributed by atoms with Crippen LogP contribution in [-0.4, -0.2) is 26.2 Å². The number of nitro benzene ring substituents is 1. The van der Waals surface area contributed by atoms with E-state index in [9.17, 15) is 18.9 Å². The zero-order valence-electron chi connectivity index (χ0n) is 14.6. The Morgan fingerprint density at radius 2 is 2.07 bits per heavy atom. The van der Waals surface area contributed by atoms with Crippen LogP contribution in [-0.2, 0) is 13.1 Å². The van der Waals surface area contributed by atoms with Crippen molar-refractivity contribution in [1.82, 2.24) is 20.2 Å². The van der Waals surface area contributed by atoms with E-state index in [0.717, 1.165) is 17.3 Å². The monoisotopic (exact) mass is 386 g/mol. The van der Waals surface area contributed by atoms with E-state index in [1.165, 1.54) is 36.9 Å². The summed E-state index contributed by atoms with van der Waals surface area (Å²) >= 11 is 0.